The van der Waals surface area contributed by atoms with Crippen molar-refractivity contribution in [1.29, 1.82) is 0 Å². The van der Waals surface area contributed by atoms with E-state index >= 15 is 0 Å². The molecule has 3 N–H and O–H groups in total. The van der Waals surface area contributed by atoms with E-state index in [4.69, 9.17) is 10.5 Å². The fourth-order valence-electron chi connectivity index (χ4n) is 1.38. The van der Waals surface area contributed by atoms with E-state index in [9.17, 15) is 0 Å². The van der Waals surface area contributed by atoms with Crippen LogP contribution in [0.2, 0.25) is 0 Å². The van der Waals surface area contributed by atoms with Crippen LogP contribution < -0.4 is 11.1 Å². The zero-order chi connectivity index (χ0) is 10.9. The molecule has 86 valence electrons. The summed E-state index contributed by atoms with van der Waals surface area (Å²) in [4.78, 5) is 4.22. The molecule has 0 aliphatic carbocycles. The van der Waals surface area contributed by atoms with E-state index in [2.05, 4.69) is 10.3 Å². The monoisotopic (exact) mass is 229 g/mol. The summed E-state index contributed by atoms with van der Waals surface area (Å²) >= 11 is 1.67. The third kappa shape index (κ3) is 5.22. The van der Waals surface area contributed by atoms with E-state index in [1.165, 1.54) is 0 Å². The van der Waals surface area contributed by atoms with Crippen molar-refractivity contribution in [3.63, 3.8) is 0 Å². The van der Waals surface area contributed by atoms with E-state index in [0.29, 0.717) is 6.04 Å². The molecular weight excluding hydrogens is 210 g/mol. The van der Waals surface area contributed by atoms with Gasteiger partial charge in [-0.05, 0) is 19.4 Å². The molecule has 0 saturated heterocycles. The molecule has 4 nitrogen and oxygen atoms in total. The number of aromatic nitrogens is 1. The molecule has 5 heteroatoms. The number of hydrogen-bond acceptors (Lipinski definition) is 5. The van der Waals surface area contributed by atoms with Crippen molar-refractivity contribution >= 4 is 11.3 Å². The number of nitrogens with two attached hydrogens (primary N) is 1. The maximum absolute atomic E-state index is 5.48. The Hall–Kier alpha value is -0.490. The van der Waals surface area contributed by atoms with Gasteiger partial charge in [0.15, 0.2) is 0 Å². The van der Waals surface area contributed by atoms with E-state index in [1.807, 2.05) is 11.6 Å². The number of methoxy groups -OCH3 is 1. The highest BCUT2D eigenvalue weighted by atomic mass is 32.1. The Bertz CT molecular complexity index is 241. The SMILES string of the molecule is COCC(CCCN)NCc1nccs1. The van der Waals surface area contributed by atoms with Crippen LogP contribution in [0, 0.1) is 0 Å². The van der Waals surface area contributed by atoms with Crippen molar-refractivity contribution in [2.24, 2.45) is 5.73 Å². The molecular formula is C10H19N3OS. The van der Waals surface area contributed by atoms with Gasteiger partial charge in [0, 0.05) is 31.3 Å². The molecule has 0 spiro atoms. The average molecular weight is 229 g/mol. The Morgan fingerprint density at radius 2 is 2.53 bits per heavy atom. The molecule has 1 unspecified atom stereocenters. The van der Waals surface area contributed by atoms with Crippen LogP contribution >= 0.6 is 11.3 Å². The second-order valence-electron chi connectivity index (χ2n) is 3.39. The van der Waals surface area contributed by atoms with E-state index in [1.54, 1.807) is 18.4 Å². The van der Waals surface area contributed by atoms with Gasteiger partial charge in [-0.2, -0.15) is 0 Å². The number of nitrogens with zero attached hydrogens (tertiary/aromatic N) is 1. The number of hydrogen-bond donors (Lipinski definition) is 2. The van der Waals surface area contributed by atoms with Gasteiger partial charge in [-0.3, -0.25) is 0 Å². The first-order chi connectivity index (χ1) is 7.36. The molecule has 0 radical (unpaired) electrons. The van der Waals surface area contributed by atoms with Crippen LogP contribution in [0.4, 0.5) is 0 Å². The number of ether oxygens (including phenoxy) is 1. The molecule has 15 heavy (non-hydrogen) atoms. The second-order valence-corrected chi connectivity index (χ2v) is 4.37. The molecule has 0 saturated carbocycles. The van der Waals surface area contributed by atoms with Crippen LogP contribution in [0.3, 0.4) is 0 Å². The van der Waals surface area contributed by atoms with E-state index in [-0.39, 0.29) is 0 Å². The number of rotatable bonds is 8. The first kappa shape index (κ1) is 12.6. The summed E-state index contributed by atoms with van der Waals surface area (Å²) in [6, 6.07) is 0.377. The molecule has 1 atom stereocenters. The predicted molar refractivity (Wildman–Crippen MR) is 62.9 cm³/mol. The van der Waals surface area contributed by atoms with Crippen molar-refractivity contribution in [2.45, 2.75) is 25.4 Å². The average Bonchev–Trinajstić information content (AvgIpc) is 2.75. The molecule has 0 amide bonds. The lowest BCUT2D eigenvalue weighted by molar-refractivity contribution is 0.161. The number of thiazole rings is 1. The van der Waals surface area contributed by atoms with Crippen LogP contribution in [0.15, 0.2) is 11.6 Å². The summed E-state index contributed by atoms with van der Waals surface area (Å²) in [5, 5.41) is 6.53. The van der Waals surface area contributed by atoms with Crippen LogP contribution in [0.1, 0.15) is 17.8 Å². The normalized spacial score (nSPS) is 12.9. The zero-order valence-electron chi connectivity index (χ0n) is 9.11. The van der Waals surface area contributed by atoms with Crippen molar-refractivity contribution in [2.75, 3.05) is 20.3 Å². The van der Waals surface area contributed by atoms with E-state index in [0.717, 1.165) is 37.5 Å². The molecule has 0 fully saturated rings. The Morgan fingerprint density at radius 1 is 1.67 bits per heavy atom. The minimum Gasteiger partial charge on any atom is -0.383 e. The van der Waals surface area contributed by atoms with Crippen molar-refractivity contribution in [1.82, 2.24) is 10.3 Å². The van der Waals surface area contributed by atoms with Crippen LogP contribution in [-0.2, 0) is 11.3 Å². The van der Waals surface area contributed by atoms with E-state index < -0.39 is 0 Å². The molecule has 0 aromatic carbocycles. The molecule has 0 aliphatic heterocycles. The minimum atomic E-state index is 0.377. The summed E-state index contributed by atoms with van der Waals surface area (Å²) in [5.41, 5.74) is 5.48. The Morgan fingerprint density at radius 3 is 3.13 bits per heavy atom. The standard InChI is InChI=1S/C10H19N3OS/c1-14-8-9(3-2-4-11)13-7-10-12-5-6-15-10/h5-6,9,13H,2-4,7-8,11H2,1H3. The maximum atomic E-state index is 5.48. The van der Waals surface area contributed by atoms with Gasteiger partial charge in [0.25, 0.3) is 0 Å². The van der Waals surface area contributed by atoms with Gasteiger partial charge in [0.1, 0.15) is 5.01 Å². The highest BCUT2D eigenvalue weighted by Crippen LogP contribution is 2.05. The largest absolute Gasteiger partial charge is 0.383 e. The summed E-state index contributed by atoms with van der Waals surface area (Å²) < 4.78 is 5.15. The lowest BCUT2D eigenvalue weighted by Gasteiger charge is -2.16. The van der Waals surface area contributed by atoms with Gasteiger partial charge in [0.2, 0.25) is 0 Å². The summed E-state index contributed by atoms with van der Waals surface area (Å²) in [7, 11) is 1.72. The maximum Gasteiger partial charge on any atom is 0.106 e. The van der Waals surface area contributed by atoms with Gasteiger partial charge in [-0.15, -0.1) is 11.3 Å². The molecule has 1 rings (SSSR count). The third-order valence-electron chi connectivity index (χ3n) is 2.15. The Balaban J connectivity index is 2.24. The highest BCUT2D eigenvalue weighted by molar-refractivity contribution is 7.09. The molecule has 1 aromatic rings. The Labute approximate surface area is 94.8 Å². The van der Waals surface area contributed by atoms with Gasteiger partial charge in [-0.25, -0.2) is 4.98 Å². The lowest BCUT2D eigenvalue weighted by Crippen LogP contribution is -2.33. The zero-order valence-corrected chi connectivity index (χ0v) is 9.93. The van der Waals surface area contributed by atoms with Gasteiger partial charge < -0.3 is 15.8 Å². The van der Waals surface area contributed by atoms with Crippen LogP contribution in [-0.4, -0.2) is 31.3 Å². The topological polar surface area (TPSA) is 60.2 Å². The molecule has 0 aliphatic rings. The minimum absolute atomic E-state index is 0.377. The second kappa shape index (κ2) is 7.76. The molecule has 0 bridgehead atoms. The summed E-state index contributed by atoms with van der Waals surface area (Å²) in [5.74, 6) is 0. The fraction of sp³-hybridized carbons (Fsp3) is 0.700. The molecule has 1 heterocycles. The van der Waals surface area contributed by atoms with Gasteiger partial charge >= 0.3 is 0 Å². The Kier molecular flexibility index (Phi) is 6.50. The number of nitrogens with one attached hydrogen (secondary N) is 1. The van der Waals surface area contributed by atoms with Crippen molar-refractivity contribution < 1.29 is 4.74 Å². The van der Waals surface area contributed by atoms with Crippen molar-refractivity contribution in [3.8, 4) is 0 Å². The van der Waals surface area contributed by atoms with Crippen LogP contribution in [0.25, 0.3) is 0 Å². The predicted octanol–water partition coefficient (Wildman–Crippen LogP) is 0.987. The fourth-order valence-corrected chi connectivity index (χ4v) is 1.95. The summed E-state index contributed by atoms with van der Waals surface area (Å²) in [6.45, 7) is 2.28. The first-order valence-corrected chi connectivity index (χ1v) is 6.05. The quantitative estimate of drug-likeness (QED) is 0.698. The molecule has 1 aromatic heterocycles. The van der Waals surface area contributed by atoms with Crippen LogP contribution in [0.5, 0.6) is 0 Å². The summed E-state index contributed by atoms with van der Waals surface area (Å²) in [6.07, 6.45) is 3.90. The van der Waals surface area contributed by atoms with Gasteiger partial charge in [-0.1, -0.05) is 0 Å². The van der Waals surface area contributed by atoms with Gasteiger partial charge in [0.05, 0.1) is 6.61 Å². The highest BCUT2D eigenvalue weighted by Gasteiger charge is 2.07. The lowest BCUT2D eigenvalue weighted by atomic mass is 10.1. The first-order valence-electron chi connectivity index (χ1n) is 5.17. The van der Waals surface area contributed by atoms with Crippen molar-refractivity contribution in [3.05, 3.63) is 16.6 Å². The third-order valence-corrected chi connectivity index (χ3v) is 2.93. The smallest absolute Gasteiger partial charge is 0.106 e.